The average Bonchev–Trinajstić information content (AvgIpc) is 3.97. The summed E-state index contributed by atoms with van der Waals surface area (Å²) in [6.07, 6.45) is -5.57. The Morgan fingerprint density at radius 2 is 1.62 bits per heavy atom. The second-order valence-electron chi connectivity index (χ2n) is 17.2. The van der Waals surface area contributed by atoms with Crippen LogP contribution in [-0.4, -0.2) is 160 Å². The van der Waals surface area contributed by atoms with Crippen LogP contribution in [0.4, 0.5) is 0 Å². The van der Waals surface area contributed by atoms with E-state index in [4.69, 9.17) is 28.5 Å². The normalized spacial score (nSPS) is 33.2. The molecule has 2 bridgehead atoms. The van der Waals surface area contributed by atoms with Gasteiger partial charge >= 0.3 is 5.97 Å². The number of likely N-dealkylation sites (N-methyl/N-ethyl adjacent to an activating group) is 1. The number of rotatable bonds is 14. The highest BCUT2D eigenvalue weighted by atomic mass is 16.8. The Balaban J connectivity index is 0.975. The zero-order valence-electron chi connectivity index (χ0n) is 34.7. The number of aliphatic hydroxyl groups excluding tert-OH is 5. The van der Waals surface area contributed by atoms with E-state index in [1.807, 2.05) is 78.9 Å². The fourth-order valence-corrected chi connectivity index (χ4v) is 10.2. The maximum Gasteiger partial charge on any atom is 0.327 e. The number of benzene rings is 3. The van der Waals surface area contributed by atoms with E-state index in [1.165, 1.54) is 9.96 Å². The van der Waals surface area contributed by atoms with Gasteiger partial charge in [0.05, 0.1) is 26.4 Å². The maximum atomic E-state index is 15.5. The van der Waals surface area contributed by atoms with Gasteiger partial charge in [0.1, 0.15) is 60.3 Å². The first-order chi connectivity index (χ1) is 30.4. The summed E-state index contributed by atoms with van der Waals surface area (Å²) in [6, 6.07) is 22.5. The predicted molar refractivity (Wildman–Crippen MR) is 219 cm³/mol. The van der Waals surface area contributed by atoms with Crippen molar-refractivity contribution < 1.29 is 68.4 Å². The van der Waals surface area contributed by atoms with Crippen molar-refractivity contribution in [2.24, 2.45) is 5.41 Å². The van der Waals surface area contributed by atoms with Crippen molar-refractivity contribution in [1.82, 2.24) is 15.3 Å². The molecule has 1 saturated carbocycles. The molecule has 2 amide bonds. The monoisotopic (exact) mass is 871 g/mol. The Hall–Kier alpha value is -4.63. The van der Waals surface area contributed by atoms with E-state index in [-0.39, 0.29) is 39.1 Å². The Morgan fingerprint density at radius 3 is 2.32 bits per heavy atom. The van der Waals surface area contributed by atoms with Crippen LogP contribution in [-0.2, 0) is 68.7 Å². The first kappa shape index (κ1) is 43.6. The van der Waals surface area contributed by atoms with Gasteiger partial charge < -0.3 is 59.4 Å². The van der Waals surface area contributed by atoms with Gasteiger partial charge in [0.2, 0.25) is 11.8 Å². The molecular formula is C46H53N3O14. The summed E-state index contributed by atoms with van der Waals surface area (Å²) in [5.74, 6) is -2.61. The van der Waals surface area contributed by atoms with E-state index < -0.39 is 103 Å². The van der Waals surface area contributed by atoms with Gasteiger partial charge in [0, 0.05) is 39.3 Å². The van der Waals surface area contributed by atoms with E-state index >= 15 is 4.79 Å². The molecule has 12 atom stereocenters. The number of hydrogen-bond acceptors (Lipinski definition) is 15. The largest absolute Gasteiger partial charge is 0.458 e. The summed E-state index contributed by atoms with van der Waals surface area (Å²) in [5, 5.41) is 53.6. The van der Waals surface area contributed by atoms with Crippen molar-refractivity contribution in [1.29, 1.82) is 0 Å². The number of carbonyl (C=O) groups excluding carboxylic acids is 3. The molecule has 5 fully saturated rings. The van der Waals surface area contributed by atoms with Crippen molar-refractivity contribution in [2.45, 2.75) is 105 Å². The van der Waals surface area contributed by atoms with Crippen LogP contribution in [0.1, 0.15) is 34.2 Å². The van der Waals surface area contributed by atoms with Gasteiger partial charge in [-0.2, -0.15) is 5.06 Å². The Kier molecular flexibility index (Phi) is 12.3. The van der Waals surface area contributed by atoms with Gasteiger partial charge in [-0.25, -0.2) is 0 Å². The van der Waals surface area contributed by atoms with Crippen molar-refractivity contribution in [3.63, 3.8) is 0 Å². The van der Waals surface area contributed by atoms with Crippen molar-refractivity contribution in [3.8, 4) is 0 Å². The van der Waals surface area contributed by atoms with Crippen LogP contribution in [0.15, 0.2) is 84.9 Å². The standard InChI is InChI=1S/C46H53N3O14/c1-48(31(41(55)47-17-18-50)20-27-8-3-2-4-9-27)44(57)46-23-32-37-38(62-45(61-37)21-29-11-5-6-12-30(29)22-45)40(46)63-49(39(46)42(56)59-32)24-28-15-13-26(14-16-28)10-7-19-58-43-36(54)35(53)34(52)33(25-51)60-43/h2-16,31-40,43,50-54H,17-25H2,1H3,(H,47,55). The zero-order valence-corrected chi connectivity index (χ0v) is 34.7. The molecule has 17 nitrogen and oxygen atoms in total. The number of nitrogens with one attached hydrogen (secondary N) is 1. The molecule has 2 aliphatic carbocycles. The third-order valence-corrected chi connectivity index (χ3v) is 13.3. The summed E-state index contributed by atoms with van der Waals surface area (Å²) < 4.78 is 30.8. The Bertz CT molecular complexity index is 2150. The first-order valence-electron chi connectivity index (χ1n) is 21.4. The summed E-state index contributed by atoms with van der Waals surface area (Å²) >= 11 is 0. The van der Waals surface area contributed by atoms with Gasteiger partial charge in [0.15, 0.2) is 18.1 Å². The minimum absolute atomic E-state index is 0.00224. The molecule has 6 N–H and O–H groups in total. The molecule has 3 aromatic carbocycles. The van der Waals surface area contributed by atoms with E-state index in [9.17, 15) is 35.1 Å². The highest BCUT2D eigenvalue weighted by Gasteiger charge is 2.77. The van der Waals surface area contributed by atoms with Crippen LogP contribution in [0.25, 0.3) is 6.08 Å². The van der Waals surface area contributed by atoms with Gasteiger partial charge in [-0.15, -0.1) is 0 Å². The van der Waals surface area contributed by atoms with Gasteiger partial charge in [-0.3, -0.25) is 19.2 Å². The van der Waals surface area contributed by atoms with Gasteiger partial charge in [-0.05, 0) is 27.8 Å². The minimum Gasteiger partial charge on any atom is -0.458 e. The molecule has 63 heavy (non-hydrogen) atoms. The number of aliphatic hydroxyl groups is 5. The first-order valence-corrected chi connectivity index (χ1v) is 21.4. The van der Waals surface area contributed by atoms with Crippen molar-refractivity contribution >= 4 is 23.9 Å². The summed E-state index contributed by atoms with van der Waals surface area (Å²) in [5.41, 5.74) is 3.00. The number of amides is 2. The number of fused-ring (bicyclic) bond motifs is 5. The Morgan fingerprint density at radius 1 is 0.921 bits per heavy atom. The quantitative estimate of drug-likeness (QED) is 0.115. The lowest BCUT2D eigenvalue weighted by atomic mass is 9.62. The van der Waals surface area contributed by atoms with Crippen LogP contribution in [0, 0.1) is 5.41 Å². The molecule has 336 valence electrons. The lowest BCUT2D eigenvalue weighted by Gasteiger charge is -2.50. The van der Waals surface area contributed by atoms with Crippen LogP contribution >= 0.6 is 0 Å². The average molecular weight is 872 g/mol. The molecule has 12 unspecified atom stereocenters. The second-order valence-corrected chi connectivity index (χ2v) is 17.2. The van der Waals surface area contributed by atoms with Crippen molar-refractivity contribution in [3.05, 3.63) is 113 Å². The molecule has 9 rings (SSSR count). The summed E-state index contributed by atoms with van der Waals surface area (Å²) in [6.45, 7) is -0.776. The number of ether oxygens (including phenoxy) is 5. The predicted octanol–water partition coefficient (Wildman–Crippen LogP) is -0.226. The van der Waals surface area contributed by atoms with Crippen LogP contribution in [0.3, 0.4) is 0 Å². The lowest BCUT2D eigenvalue weighted by molar-refractivity contribution is -0.298. The lowest BCUT2D eigenvalue weighted by Crippen LogP contribution is -2.70. The molecule has 3 aromatic rings. The highest BCUT2D eigenvalue weighted by Crippen LogP contribution is 2.59. The highest BCUT2D eigenvalue weighted by molar-refractivity contribution is 5.96. The number of hydroxylamine groups is 2. The number of nitrogens with zero attached hydrogens (tertiary/aromatic N) is 2. The molecule has 4 aliphatic heterocycles. The van der Waals surface area contributed by atoms with E-state index in [2.05, 4.69) is 5.32 Å². The third kappa shape index (κ3) is 7.99. The van der Waals surface area contributed by atoms with Crippen LogP contribution in [0.2, 0.25) is 0 Å². The second kappa shape index (κ2) is 17.7. The number of carbonyl (C=O) groups is 3. The van der Waals surface area contributed by atoms with Crippen molar-refractivity contribution in [2.75, 3.05) is 33.4 Å². The summed E-state index contributed by atoms with van der Waals surface area (Å²) in [7, 11) is 1.57. The smallest absolute Gasteiger partial charge is 0.327 e. The number of esters is 1. The molecule has 6 aliphatic rings. The molecule has 17 heteroatoms. The molecular weight excluding hydrogens is 819 g/mol. The van der Waals surface area contributed by atoms with E-state index in [0.717, 1.165) is 27.8 Å². The van der Waals surface area contributed by atoms with Gasteiger partial charge in [-0.1, -0.05) is 91.0 Å². The zero-order chi connectivity index (χ0) is 44.0. The van der Waals surface area contributed by atoms with E-state index in [1.54, 1.807) is 19.2 Å². The van der Waals surface area contributed by atoms with E-state index in [0.29, 0.717) is 12.8 Å². The molecule has 0 aromatic heterocycles. The Labute approximate surface area is 363 Å². The third-order valence-electron chi connectivity index (χ3n) is 13.3. The van der Waals surface area contributed by atoms with Crippen LogP contribution in [0.5, 0.6) is 0 Å². The van der Waals surface area contributed by atoms with Gasteiger partial charge in [0.25, 0.3) is 0 Å². The molecule has 4 heterocycles. The fraction of sp³-hybridized carbons (Fsp3) is 0.500. The topological polar surface area (TPSA) is 226 Å². The SMILES string of the molecule is CN(C(=O)C12CC3OC(=O)C1N(Cc1ccc(C=CCOC4OC(CO)C(O)C(O)C4O)cc1)OC2C1OC2(Cc4ccccc4C2)OC31)C(Cc1ccccc1)C(=O)NCCO. The fourth-order valence-electron chi connectivity index (χ4n) is 10.2. The molecule has 0 radical (unpaired) electrons. The maximum absolute atomic E-state index is 15.5. The van der Waals surface area contributed by atoms with Crippen LogP contribution < -0.4 is 5.32 Å². The molecule has 4 saturated heterocycles. The summed E-state index contributed by atoms with van der Waals surface area (Å²) in [4.78, 5) is 51.9. The molecule has 1 spiro atoms. The number of hydrogen-bond donors (Lipinski definition) is 6. The minimum atomic E-state index is -1.55.